The summed E-state index contributed by atoms with van der Waals surface area (Å²) in [6, 6.07) is 1.98. The van der Waals surface area contributed by atoms with Crippen LogP contribution in [0.15, 0.2) is 11.6 Å². The van der Waals surface area contributed by atoms with Crippen LogP contribution in [0.25, 0.3) is 0 Å². The molecule has 1 aromatic rings. The maximum Gasteiger partial charge on any atom is 0.194 e. The van der Waals surface area contributed by atoms with Gasteiger partial charge in [-0.3, -0.25) is 0 Å². The molecule has 0 saturated carbocycles. The number of rotatable bonds is 2. The highest BCUT2D eigenvalue weighted by molar-refractivity contribution is 7.09. The van der Waals surface area contributed by atoms with Gasteiger partial charge in [0.25, 0.3) is 0 Å². The molecule has 0 aromatic carbocycles. The number of thiazole rings is 1. The normalized spacial score (nSPS) is 12.4. The molecule has 1 rings (SSSR count). The summed E-state index contributed by atoms with van der Waals surface area (Å²) in [5.41, 5.74) is 0. The van der Waals surface area contributed by atoms with Gasteiger partial charge in [0.2, 0.25) is 0 Å². The molecule has 0 fully saturated rings. The molecular weight excluding hydrogens is 148 g/mol. The van der Waals surface area contributed by atoms with Crippen LogP contribution in [0.4, 0.5) is 0 Å². The zero-order valence-corrected chi connectivity index (χ0v) is 6.26. The van der Waals surface area contributed by atoms with Crippen molar-refractivity contribution in [1.82, 2.24) is 4.98 Å². The summed E-state index contributed by atoms with van der Waals surface area (Å²) in [5, 5.41) is 11.0. The first-order valence-electron chi connectivity index (χ1n) is 2.70. The van der Waals surface area contributed by atoms with Gasteiger partial charge in [-0.2, -0.15) is 5.26 Å². The second-order valence-corrected chi connectivity index (χ2v) is 2.54. The van der Waals surface area contributed by atoms with Gasteiger partial charge in [0, 0.05) is 18.7 Å². The van der Waals surface area contributed by atoms with Crippen LogP contribution in [0.3, 0.4) is 0 Å². The van der Waals surface area contributed by atoms with Crippen molar-refractivity contribution in [3.8, 4) is 6.07 Å². The number of ether oxygens (including phenoxy) is 1. The van der Waals surface area contributed by atoms with E-state index in [4.69, 9.17) is 10.00 Å². The fraction of sp³-hybridized carbons (Fsp3) is 0.333. The van der Waals surface area contributed by atoms with Gasteiger partial charge in [0.1, 0.15) is 11.1 Å². The predicted molar refractivity (Wildman–Crippen MR) is 37.5 cm³/mol. The van der Waals surface area contributed by atoms with Crippen LogP contribution in [0.2, 0.25) is 0 Å². The van der Waals surface area contributed by atoms with Gasteiger partial charge >= 0.3 is 0 Å². The summed E-state index contributed by atoms with van der Waals surface area (Å²) in [7, 11) is 1.50. The van der Waals surface area contributed by atoms with E-state index < -0.39 is 6.10 Å². The van der Waals surface area contributed by atoms with Crippen molar-refractivity contribution in [2.75, 3.05) is 7.11 Å². The second kappa shape index (κ2) is 3.30. The fourth-order valence-electron chi connectivity index (χ4n) is 0.573. The van der Waals surface area contributed by atoms with Crippen molar-refractivity contribution in [3.05, 3.63) is 16.6 Å². The van der Waals surface area contributed by atoms with Crippen LogP contribution < -0.4 is 0 Å². The number of methoxy groups -OCH3 is 1. The molecule has 4 heteroatoms. The van der Waals surface area contributed by atoms with E-state index in [0.29, 0.717) is 5.01 Å². The van der Waals surface area contributed by atoms with Gasteiger partial charge in [0.15, 0.2) is 6.10 Å². The Morgan fingerprint density at radius 3 is 3.10 bits per heavy atom. The van der Waals surface area contributed by atoms with Crippen LogP contribution in [0.1, 0.15) is 11.1 Å². The highest BCUT2D eigenvalue weighted by atomic mass is 32.1. The van der Waals surface area contributed by atoms with E-state index in [9.17, 15) is 0 Å². The molecule has 0 spiro atoms. The predicted octanol–water partition coefficient (Wildman–Crippen LogP) is 1.35. The Labute approximate surface area is 62.9 Å². The molecule has 1 aromatic heterocycles. The molecule has 0 aliphatic carbocycles. The molecular formula is C6H6N2OS. The van der Waals surface area contributed by atoms with E-state index in [0.717, 1.165) is 0 Å². The Balaban J connectivity index is 2.76. The minimum atomic E-state index is -0.500. The standard InChI is InChI=1S/C6H6N2OS/c1-9-5(4-7)6-8-2-3-10-6/h2-3,5H,1H3. The lowest BCUT2D eigenvalue weighted by Crippen LogP contribution is -1.95. The molecule has 1 atom stereocenters. The molecule has 0 saturated heterocycles. The van der Waals surface area contributed by atoms with Gasteiger partial charge in [-0.1, -0.05) is 0 Å². The van der Waals surface area contributed by atoms with Gasteiger partial charge in [-0.15, -0.1) is 11.3 Å². The third kappa shape index (κ3) is 1.32. The minimum absolute atomic E-state index is 0.500. The van der Waals surface area contributed by atoms with E-state index >= 15 is 0 Å². The molecule has 0 aliphatic heterocycles. The largest absolute Gasteiger partial charge is 0.359 e. The molecule has 0 N–H and O–H groups in total. The lowest BCUT2D eigenvalue weighted by molar-refractivity contribution is 0.148. The first kappa shape index (κ1) is 7.19. The Morgan fingerprint density at radius 1 is 1.90 bits per heavy atom. The van der Waals surface area contributed by atoms with E-state index in [1.54, 1.807) is 6.20 Å². The summed E-state index contributed by atoms with van der Waals surface area (Å²) in [4.78, 5) is 3.93. The van der Waals surface area contributed by atoms with Crippen molar-refractivity contribution in [2.24, 2.45) is 0 Å². The third-order valence-electron chi connectivity index (χ3n) is 1.03. The Kier molecular flexibility index (Phi) is 2.37. The van der Waals surface area contributed by atoms with Gasteiger partial charge in [-0.25, -0.2) is 4.98 Å². The summed E-state index contributed by atoms with van der Waals surface area (Å²) >= 11 is 1.42. The van der Waals surface area contributed by atoms with Crippen molar-refractivity contribution < 1.29 is 4.74 Å². The topological polar surface area (TPSA) is 45.9 Å². The first-order valence-corrected chi connectivity index (χ1v) is 3.58. The molecule has 0 aliphatic rings. The highest BCUT2D eigenvalue weighted by Gasteiger charge is 2.09. The molecule has 52 valence electrons. The van der Waals surface area contributed by atoms with Crippen molar-refractivity contribution in [3.63, 3.8) is 0 Å². The maximum atomic E-state index is 8.49. The fourth-order valence-corrected chi connectivity index (χ4v) is 1.23. The zero-order valence-electron chi connectivity index (χ0n) is 5.44. The second-order valence-electron chi connectivity index (χ2n) is 1.62. The van der Waals surface area contributed by atoms with Crippen LogP contribution in [0, 0.1) is 11.3 Å². The zero-order chi connectivity index (χ0) is 7.40. The van der Waals surface area contributed by atoms with Gasteiger partial charge in [-0.05, 0) is 0 Å². The summed E-state index contributed by atoms with van der Waals surface area (Å²) in [6.45, 7) is 0. The number of aromatic nitrogens is 1. The Hall–Kier alpha value is -0.920. The summed E-state index contributed by atoms with van der Waals surface area (Å²) in [5.74, 6) is 0. The Morgan fingerprint density at radius 2 is 2.70 bits per heavy atom. The molecule has 1 unspecified atom stereocenters. The lowest BCUT2D eigenvalue weighted by atomic mass is 10.4. The monoisotopic (exact) mass is 154 g/mol. The van der Waals surface area contributed by atoms with E-state index in [2.05, 4.69) is 4.98 Å². The molecule has 3 nitrogen and oxygen atoms in total. The average molecular weight is 154 g/mol. The van der Waals surface area contributed by atoms with E-state index in [-0.39, 0.29) is 0 Å². The quantitative estimate of drug-likeness (QED) is 0.646. The first-order chi connectivity index (χ1) is 4.88. The smallest absolute Gasteiger partial charge is 0.194 e. The molecule has 10 heavy (non-hydrogen) atoms. The number of hydrogen-bond donors (Lipinski definition) is 0. The molecule has 0 amide bonds. The maximum absolute atomic E-state index is 8.49. The van der Waals surface area contributed by atoms with Crippen LogP contribution in [0.5, 0.6) is 0 Å². The van der Waals surface area contributed by atoms with E-state index in [1.807, 2.05) is 11.4 Å². The van der Waals surface area contributed by atoms with Gasteiger partial charge in [0.05, 0.1) is 0 Å². The van der Waals surface area contributed by atoms with Crippen molar-refractivity contribution >= 4 is 11.3 Å². The summed E-state index contributed by atoms with van der Waals surface area (Å²) < 4.78 is 4.83. The van der Waals surface area contributed by atoms with Gasteiger partial charge < -0.3 is 4.74 Å². The van der Waals surface area contributed by atoms with E-state index in [1.165, 1.54) is 18.4 Å². The SMILES string of the molecule is COC(C#N)c1nccs1. The third-order valence-corrected chi connectivity index (χ3v) is 1.85. The van der Waals surface area contributed by atoms with Crippen molar-refractivity contribution in [1.29, 1.82) is 5.26 Å². The number of nitriles is 1. The molecule has 0 bridgehead atoms. The lowest BCUT2D eigenvalue weighted by Gasteiger charge is -1.99. The molecule has 1 heterocycles. The minimum Gasteiger partial charge on any atom is -0.359 e. The van der Waals surface area contributed by atoms with Crippen LogP contribution in [-0.2, 0) is 4.74 Å². The van der Waals surface area contributed by atoms with Crippen LogP contribution in [-0.4, -0.2) is 12.1 Å². The number of nitrogens with zero attached hydrogens (tertiary/aromatic N) is 2. The Bertz CT molecular complexity index is 226. The molecule has 0 radical (unpaired) electrons. The van der Waals surface area contributed by atoms with Crippen LogP contribution >= 0.6 is 11.3 Å². The highest BCUT2D eigenvalue weighted by Crippen LogP contribution is 2.16. The van der Waals surface area contributed by atoms with Crippen molar-refractivity contribution in [2.45, 2.75) is 6.10 Å². The average Bonchev–Trinajstić information content (AvgIpc) is 2.43. The summed E-state index contributed by atoms with van der Waals surface area (Å²) in [6.07, 6.45) is 1.16. The number of hydrogen-bond acceptors (Lipinski definition) is 4.